The molecule has 0 aliphatic heterocycles. The molecule has 0 radical (unpaired) electrons. The molecule has 0 spiro atoms. The van der Waals surface area contributed by atoms with Crippen LogP contribution in [0.1, 0.15) is 0 Å². The van der Waals surface area contributed by atoms with Gasteiger partial charge in [-0.05, 0) is 4.57 Å². The Kier molecular flexibility index (Phi) is 13.1. The Balaban J connectivity index is 5.31. The van der Waals surface area contributed by atoms with Crippen molar-refractivity contribution in [2.75, 3.05) is 57.6 Å². The highest BCUT2D eigenvalue weighted by atomic mass is 31.2. The molecule has 0 aliphatic rings. The van der Waals surface area contributed by atoms with Gasteiger partial charge in [0.1, 0.15) is 25.1 Å². The van der Waals surface area contributed by atoms with Crippen LogP contribution < -0.4 is 0 Å². The minimum absolute atomic E-state index is 0.298. The largest absolute Gasteiger partial charge is 0.521 e. The molecule has 0 rings (SSSR count). The van der Waals surface area contributed by atoms with Gasteiger partial charge in [-0.2, -0.15) is 4.89 Å². The first kappa shape index (κ1) is 31.5. The zero-order valence-electron chi connectivity index (χ0n) is 16.0. The van der Waals surface area contributed by atoms with Crippen molar-refractivity contribution in [3.8, 4) is 0 Å². The van der Waals surface area contributed by atoms with Gasteiger partial charge >= 0.3 is 38.4 Å². The Hall–Kier alpha value is 0.540. The van der Waals surface area contributed by atoms with E-state index >= 15 is 0 Å². The second-order valence-corrected chi connectivity index (χ2v) is 14.1. The summed E-state index contributed by atoms with van der Waals surface area (Å²) in [4.78, 5) is 84.3. The molecule has 1 unspecified atom stereocenters. The van der Waals surface area contributed by atoms with Crippen molar-refractivity contribution >= 4 is 38.4 Å². The van der Waals surface area contributed by atoms with Crippen molar-refractivity contribution in [2.45, 2.75) is 0 Å². The Morgan fingerprint density at radius 1 is 0.516 bits per heavy atom. The van der Waals surface area contributed by atoms with Crippen LogP contribution in [0.3, 0.4) is 0 Å². The van der Waals surface area contributed by atoms with Crippen molar-refractivity contribution in [3.63, 3.8) is 0 Å². The van der Waals surface area contributed by atoms with Gasteiger partial charge < -0.3 is 39.1 Å². The smallest absolute Gasteiger partial charge is 0.324 e. The average Bonchev–Trinajstić information content (AvgIpc) is 2.42. The van der Waals surface area contributed by atoms with Crippen molar-refractivity contribution < 1.29 is 66.9 Å². The summed E-state index contributed by atoms with van der Waals surface area (Å²) in [6.45, 7) is -1.39. The van der Waals surface area contributed by atoms with Gasteiger partial charge in [0.05, 0.1) is 0 Å². The lowest BCUT2D eigenvalue weighted by Gasteiger charge is -2.29. The first-order valence-corrected chi connectivity index (χ1v) is 16.7. The fourth-order valence-corrected chi connectivity index (χ4v) is 6.39. The molecule has 0 aromatic carbocycles. The molecule has 0 heterocycles. The van der Waals surface area contributed by atoms with Crippen LogP contribution in [0.15, 0.2) is 0 Å². The van der Waals surface area contributed by atoms with E-state index in [1.54, 1.807) is 0 Å². The fourth-order valence-electron chi connectivity index (χ4n) is 2.40. The monoisotopic (exact) mass is 556 g/mol. The summed E-state index contributed by atoms with van der Waals surface area (Å²) in [5.74, 6) is 0. The molecule has 0 aromatic rings. The standard InChI is InChI=1S/C9H26N3O14P5/c13-27(14)5-11(7-29(18,19)20)3-1-10(6-28(15,16)17)2-4-12(8-30(21,22)23)9-31(24,25)26/h1-9H2,(H8-,13,14,15,16,17,18,19,20,21,22,23,24,25,26)/p+1. The maximum atomic E-state index is 11.4. The first-order chi connectivity index (χ1) is 13.7. The van der Waals surface area contributed by atoms with Crippen LogP contribution in [0.25, 0.3) is 0 Å². The number of hydrogen-bond acceptors (Lipinski definition) is 8. The lowest BCUT2D eigenvalue weighted by atomic mass is 10.4. The minimum atomic E-state index is -4.72. The molecule has 0 fully saturated rings. The summed E-state index contributed by atoms with van der Waals surface area (Å²) < 4.78 is 55.9. The Morgan fingerprint density at radius 3 is 1.10 bits per heavy atom. The van der Waals surface area contributed by atoms with Gasteiger partial charge in [0, 0.05) is 26.2 Å². The van der Waals surface area contributed by atoms with Crippen LogP contribution in [0.5, 0.6) is 0 Å². The lowest BCUT2D eigenvalue weighted by Crippen LogP contribution is -2.40. The van der Waals surface area contributed by atoms with Crippen LogP contribution in [0.2, 0.25) is 0 Å². The van der Waals surface area contributed by atoms with Crippen LogP contribution in [-0.2, 0) is 22.8 Å². The fraction of sp³-hybridized carbons (Fsp3) is 1.00. The number of rotatable bonds is 16. The summed E-state index contributed by atoms with van der Waals surface area (Å²) in [6, 6.07) is 0. The molecule has 1 atom stereocenters. The average molecular weight is 556 g/mol. The third kappa shape index (κ3) is 20.9. The molecule has 0 bridgehead atoms. The highest BCUT2D eigenvalue weighted by Crippen LogP contribution is 2.41. The Labute approximate surface area is 178 Å². The van der Waals surface area contributed by atoms with E-state index in [1.807, 2.05) is 0 Å². The maximum Gasteiger partial charge on any atom is 0.521 e. The topological polar surface area (TPSA) is 277 Å². The van der Waals surface area contributed by atoms with Gasteiger partial charge in [0.2, 0.25) is 6.29 Å². The summed E-state index contributed by atoms with van der Waals surface area (Å²) in [7, 11) is -21.6. The van der Waals surface area contributed by atoms with E-state index in [-0.39, 0.29) is 19.6 Å². The van der Waals surface area contributed by atoms with E-state index in [1.165, 1.54) is 0 Å². The van der Waals surface area contributed by atoms with Gasteiger partial charge in [0.25, 0.3) is 0 Å². The van der Waals surface area contributed by atoms with Crippen LogP contribution in [-0.4, -0.2) is 116 Å². The van der Waals surface area contributed by atoms with Crippen molar-refractivity contribution in [3.05, 3.63) is 0 Å². The zero-order valence-corrected chi connectivity index (χ0v) is 20.5. The van der Waals surface area contributed by atoms with Gasteiger partial charge in [-0.25, -0.2) is 4.90 Å². The predicted molar refractivity (Wildman–Crippen MR) is 107 cm³/mol. The van der Waals surface area contributed by atoms with E-state index in [0.717, 1.165) is 9.80 Å². The minimum Gasteiger partial charge on any atom is -0.324 e. The molecule has 0 aliphatic carbocycles. The normalized spacial score (nSPS) is 14.6. The SMILES string of the molecule is O=[P+](O)CN(CCN(CCN(CP(=O)(O)O)CP(=O)(O)O)CP(=O)(O)O)CP(=O)(O)O. The van der Waals surface area contributed by atoms with E-state index in [0.29, 0.717) is 4.90 Å². The van der Waals surface area contributed by atoms with Gasteiger partial charge in [-0.15, -0.1) is 0 Å². The third-order valence-electron chi connectivity index (χ3n) is 3.32. The van der Waals surface area contributed by atoms with Crippen LogP contribution >= 0.6 is 38.4 Å². The zero-order chi connectivity index (χ0) is 24.7. The van der Waals surface area contributed by atoms with Crippen molar-refractivity contribution in [1.82, 2.24) is 14.7 Å². The van der Waals surface area contributed by atoms with Gasteiger partial charge in [-0.1, -0.05) is 0 Å². The second kappa shape index (κ2) is 12.9. The van der Waals surface area contributed by atoms with E-state index in [9.17, 15) is 32.6 Å². The summed E-state index contributed by atoms with van der Waals surface area (Å²) >= 11 is 0. The molecule has 31 heavy (non-hydrogen) atoms. The third-order valence-corrected chi connectivity index (χ3v) is 7.04. The second-order valence-electron chi connectivity index (χ2n) is 6.62. The first-order valence-electron chi connectivity index (χ1n) is 8.14. The number of hydrogen-bond donors (Lipinski definition) is 9. The van der Waals surface area contributed by atoms with Gasteiger partial charge in [0.15, 0.2) is 0 Å². The molecule has 0 aromatic heterocycles. The van der Waals surface area contributed by atoms with E-state index in [4.69, 9.17) is 34.3 Å². The van der Waals surface area contributed by atoms with Crippen molar-refractivity contribution in [1.29, 1.82) is 0 Å². The molecule has 0 saturated carbocycles. The highest BCUT2D eigenvalue weighted by molar-refractivity contribution is 7.53. The molecule has 9 N–H and O–H groups in total. The predicted octanol–water partition coefficient (Wildman–Crippen LogP) is -1.87. The van der Waals surface area contributed by atoms with Crippen molar-refractivity contribution in [2.24, 2.45) is 0 Å². The molecular weight excluding hydrogens is 529 g/mol. The van der Waals surface area contributed by atoms with Crippen LogP contribution in [0, 0.1) is 0 Å². The maximum absolute atomic E-state index is 11.4. The lowest BCUT2D eigenvalue weighted by molar-refractivity contribution is 0.201. The van der Waals surface area contributed by atoms with E-state index < -0.39 is 76.4 Å². The highest BCUT2D eigenvalue weighted by Gasteiger charge is 2.29. The molecule has 22 heteroatoms. The van der Waals surface area contributed by atoms with Gasteiger partial charge in [-0.3, -0.25) is 28.1 Å². The molecule has 0 saturated heterocycles. The Bertz CT molecular complexity index is 747. The summed E-state index contributed by atoms with van der Waals surface area (Å²) in [5, 5.41) is 0. The molecule has 186 valence electrons. The quantitative estimate of drug-likeness (QED) is 0.0941. The number of nitrogens with zero attached hydrogens (tertiary/aromatic N) is 3. The van der Waals surface area contributed by atoms with E-state index in [2.05, 4.69) is 0 Å². The summed E-state index contributed by atoms with van der Waals surface area (Å²) in [6.07, 6.45) is -4.48. The van der Waals surface area contributed by atoms with Crippen LogP contribution in [0.4, 0.5) is 0 Å². The summed E-state index contributed by atoms with van der Waals surface area (Å²) in [5.41, 5.74) is 0. The molecule has 0 amide bonds. The Morgan fingerprint density at radius 2 is 0.774 bits per heavy atom. The molecular formula is C9H27N3O14P5+. The molecule has 17 nitrogen and oxygen atoms in total.